The van der Waals surface area contributed by atoms with Gasteiger partial charge in [-0.25, -0.2) is 4.98 Å². The van der Waals surface area contributed by atoms with Gasteiger partial charge in [-0.1, -0.05) is 18.2 Å². The van der Waals surface area contributed by atoms with Gasteiger partial charge in [0.25, 0.3) is 0 Å². The molecule has 3 rings (SSSR count). The number of nitrogens with zero attached hydrogens (tertiary/aromatic N) is 2. The highest BCUT2D eigenvalue weighted by molar-refractivity contribution is 5.82. The zero-order chi connectivity index (χ0) is 18.1. The second kappa shape index (κ2) is 6.71. The molecule has 1 amide bonds. The zero-order valence-corrected chi connectivity index (χ0v) is 15.6. The molecule has 0 unspecified atom stereocenters. The lowest BCUT2D eigenvalue weighted by Crippen LogP contribution is -2.31. The molecule has 130 valence electrons. The molecule has 0 spiro atoms. The van der Waals surface area contributed by atoms with Gasteiger partial charge in [-0.3, -0.25) is 4.79 Å². The van der Waals surface area contributed by atoms with Crippen molar-refractivity contribution in [2.45, 2.75) is 47.1 Å². The third-order valence-electron chi connectivity index (χ3n) is 4.50. The van der Waals surface area contributed by atoms with Crippen LogP contribution in [0.25, 0.3) is 16.9 Å². The summed E-state index contributed by atoms with van der Waals surface area (Å²) in [6.07, 6.45) is 2.29. The maximum atomic E-state index is 12.4. The average molecular weight is 335 g/mol. The first-order chi connectivity index (χ1) is 11.9. The highest BCUT2D eigenvalue weighted by atomic mass is 16.1. The summed E-state index contributed by atoms with van der Waals surface area (Å²) in [5, 5.41) is 2.98. The molecular weight excluding hydrogens is 310 g/mol. The Bertz CT molecular complexity index is 938. The number of aromatic nitrogens is 2. The molecule has 3 aromatic rings. The highest BCUT2D eigenvalue weighted by Gasteiger charge is 2.18. The number of pyridine rings is 1. The number of nitrogens with one attached hydrogen (secondary N) is 1. The average Bonchev–Trinajstić information content (AvgIpc) is 2.89. The van der Waals surface area contributed by atoms with E-state index in [-0.39, 0.29) is 11.9 Å². The molecule has 4 nitrogen and oxygen atoms in total. The van der Waals surface area contributed by atoms with Gasteiger partial charge in [0.1, 0.15) is 5.65 Å². The second-order valence-electron chi connectivity index (χ2n) is 6.99. The van der Waals surface area contributed by atoms with Crippen molar-refractivity contribution in [1.82, 2.24) is 14.7 Å². The quantitative estimate of drug-likeness (QED) is 0.783. The molecule has 0 radical (unpaired) electrons. The van der Waals surface area contributed by atoms with Crippen LogP contribution in [0, 0.1) is 20.8 Å². The third kappa shape index (κ3) is 3.43. The van der Waals surface area contributed by atoms with Gasteiger partial charge in [0.05, 0.1) is 17.8 Å². The van der Waals surface area contributed by atoms with E-state index in [1.165, 1.54) is 11.1 Å². The second-order valence-corrected chi connectivity index (χ2v) is 6.99. The molecule has 0 fully saturated rings. The molecular formula is C21H25N3O. The summed E-state index contributed by atoms with van der Waals surface area (Å²) in [6, 6.07) is 10.5. The first kappa shape index (κ1) is 17.2. The monoisotopic (exact) mass is 335 g/mol. The van der Waals surface area contributed by atoms with Gasteiger partial charge in [-0.05, 0) is 63.4 Å². The minimum Gasteiger partial charge on any atom is -0.354 e. The lowest BCUT2D eigenvalue weighted by Gasteiger charge is -2.10. The van der Waals surface area contributed by atoms with Crippen LogP contribution in [-0.4, -0.2) is 21.3 Å². The largest absolute Gasteiger partial charge is 0.354 e. The Hall–Kier alpha value is -2.62. The molecule has 0 saturated heterocycles. The summed E-state index contributed by atoms with van der Waals surface area (Å²) in [6.45, 7) is 10.2. The lowest BCUT2D eigenvalue weighted by molar-refractivity contribution is -0.120. The van der Waals surface area contributed by atoms with E-state index in [0.29, 0.717) is 6.42 Å². The van der Waals surface area contributed by atoms with E-state index in [1.54, 1.807) is 0 Å². The van der Waals surface area contributed by atoms with Crippen LogP contribution < -0.4 is 5.32 Å². The van der Waals surface area contributed by atoms with E-state index < -0.39 is 0 Å². The summed E-state index contributed by atoms with van der Waals surface area (Å²) < 4.78 is 2.04. The number of carbonyl (C=O) groups is 1. The van der Waals surface area contributed by atoms with Crippen LogP contribution in [0.3, 0.4) is 0 Å². The van der Waals surface area contributed by atoms with E-state index in [1.807, 2.05) is 43.5 Å². The van der Waals surface area contributed by atoms with Crippen molar-refractivity contribution in [3.8, 4) is 11.3 Å². The van der Waals surface area contributed by atoms with Crippen molar-refractivity contribution in [2.75, 3.05) is 0 Å². The van der Waals surface area contributed by atoms with E-state index in [2.05, 4.69) is 37.4 Å². The fourth-order valence-electron chi connectivity index (χ4n) is 3.07. The maximum Gasteiger partial charge on any atom is 0.226 e. The summed E-state index contributed by atoms with van der Waals surface area (Å²) >= 11 is 0. The fourth-order valence-corrected chi connectivity index (χ4v) is 3.07. The summed E-state index contributed by atoms with van der Waals surface area (Å²) in [4.78, 5) is 17.3. The molecule has 0 aliphatic carbocycles. The Labute approximate surface area is 148 Å². The Morgan fingerprint density at radius 1 is 1.12 bits per heavy atom. The Kier molecular flexibility index (Phi) is 4.62. The SMILES string of the molecule is Cc1ccc(-c2nc3c(C)cccn3c2CC(=O)NC(C)C)cc1C. The fraction of sp³-hybridized carbons (Fsp3) is 0.333. The number of amides is 1. The number of hydrogen-bond donors (Lipinski definition) is 1. The predicted molar refractivity (Wildman–Crippen MR) is 102 cm³/mol. The van der Waals surface area contributed by atoms with Crippen LogP contribution in [0.2, 0.25) is 0 Å². The molecule has 0 aliphatic heterocycles. The van der Waals surface area contributed by atoms with Gasteiger partial charge in [0.2, 0.25) is 5.91 Å². The first-order valence-corrected chi connectivity index (χ1v) is 8.70. The van der Waals surface area contributed by atoms with Gasteiger partial charge < -0.3 is 9.72 Å². The molecule has 4 heteroatoms. The van der Waals surface area contributed by atoms with Crippen molar-refractivity contribution in [3.05, 3.63) is 58.9 Å². The number of carbonyl (C=O) groups excluding carboxylic acids is 1. The van der Waals surface area contributed by atoms with Crippen molar-refractivity contribution in [2.24, 2.45) is 0 Å². The van der Waals surface area contributed by atoms with Crippen molar-refractivity contribution >= 4 is 11.6 Å². The number of rotatable bonds is 4. The van der Waals surface area contributed by atoms with E-state index >= 15 is 0 Å². The van der Waals surface area contributed by atoms with Gasteiger partial charge in [0, 0.05) is 17.8 Å². The summed E-state index contributed by atoms with van der Waals surface area (Å²) in [5.74, 6) is 0.0170. The minimum absolute atomic E-state index is 0.0170. The molecule has 0 saturated carbocycles. The molecule has 25 heavy (non-hydrogen) atoms. The highest BCUT2D eigenvalue weighted by Crippen LogP contribution is 2.27. The van der Waals surface area contributed by atoms with Crippen LogP contribution in [0.15, 0.2) is 36.5 Å². The van der Waals surface area contributed by atoms with E-state index in [9.17, 15) is 4.79 Å². The van der Waals surface area contributed by atoms with E-state index in [4.69, 9.17) is 4.98 Å². The van der Waals surface area contributed by atoms with Gasteiger partial charge in [-0.15, -0.1) is 0 Å². The third-order valence-corrected chi connectivity index (χ3v) is 4.50. The predicted octanol–water partition coefficient (Wildman–Crippen LogP) is 3.99. The number of fused-ring (bicyclic) bond motifs is 1. The van der Waals surface area contributed by atoms with Crippen LogP contribution in [0.5, 0.6) is 0 Å². The zero-order valence-electron chi connectivity index (χ0n) is 15.6. The first-order valence-electron chi connectivity index (χ1n) is 8.70. The van der Waals surface area contributed by atoms with Crippen molar-refractivity contribution in [3.63, 3.8) is 0 Å². The van der Waals surface area contributed by atoms with Crippen LogP contribution in [0.1, 0.15) is 36.2 Å². The smallest absolute Gasteiger partial charge is 0.226 e. The standard InChI is InChI=1S/C21H25N3O/c1-13(2)22-19(25)12-18-20(17-9-8-14(3)16(5)11-17)23-21-15(4)7-6-10-24(18)21/h6-11,13H,12H2,1-5H3,(H,22,25). The van der Waals surface area contributed by atoms with Crippen LogP contribution in [-0.2, 0) is 11.2 Å². The number of benzene rings is 1. The van der Waals surface area contributed by atoms with E-state index in [0.717, 1.165) is 28.2 Å². The Balaban J connectivity index is 2.16. The molecule has 1 N–H and O–H groups in total. The number of hydrogen-bond acceptors (Lipinski definition) is 2. The minimum atomic E-state index is 0.0170. The molecule has 0 atom stereocenters. The normalized spacial score (nSPS) is 11.3. The number of aryl methyl sites for hydroxylation is 3. The topological polar surface area (TPSA) is 46.4 Å². The number of imidazole rings is 1. The molecule has 2 aromatic heterocycles. The van der Waals surface area contributed by atoms with Crippen molar-refractivity contribution in [1.29, 1.82) is 0 Å². The van der Waals surface area contributed by atoms with Crippen molar-refractivity contribution < 1.29 is 4.79 Å². The molecule has 0 bridgehead atoms. The lowest BCUT2D eigenvalue weighted by atomic mass is 10.0. The van der Waals surface area contributed by atoms with Gasteiger partial charge >= 0.3 is 0 Å². The van der Waals surface area contributed by atoms with Gasteiger partial charge in [-0.2, -0.15) is 0 Å². The van der Waals surface area contributed by atoms with Crippen LogP contribution in [0.4, 0.5) is 0 Å². The molecule has 2 heterocycles. The molecule has 1 aromatic carbocycles. The Morgan fingerprint density at radius 3 is 2.56 bits per heavy atom. The maximum absolute atomic E-state index is 12.4. The van der Waals surface area contributed by atoms with Gasteiger partial charge in [0.15, 0.2) is 0 Å². The molecule has 0 aliphatic rings. The summed E-state index contributed by atoms with van der Waals surface area (Å²) in [5.41, 5.74) is 7.35. The Morgan fingerprint density at radius 2 is 1.88 bits per heavy atom. The summed E-state index contributed by atoms with van der Waals surface area (Å²) in [7, 11) is 0. The van der Waals surface area contributed by atoms with Crippen LogP contribution >= 0.6 is 0 Å².